The van der Waals surface area contributed by atoms with Crippen LogP contribution in [0.25, 0.3) is 10.8 Å². The third kappa shape index (κ3) is 2.48. The van der Waals surface area contributed by atoms with Crippen LogP contribution in [0.15, 0.2) is 60.7 Å². The van der Waals surface area contributed by atoms with Crippen LogP contribution in [-0.2, 0) is 0 Å². The largest absolute Gasteiger partial charge is 0.497 e. The van der Waals surface area contributed by atoms with E-state index in [-0.39, 0.29) is 5.56 Å². The first kappa shape index (κ1) is 13.6. The Labute approximate surface area is 122 Å². The number of fused-ring (bicyclic) bond motifs is 1. The summed E-state index contributed by atoms with van der Waals surface area (Å²) < 4.78 is 19.1. The van der Waals surface area contributed by atoms with Gasteiger partial charge in [-0.25, -0.2) is 4.39 Å². The Morgan fingerprint density at radius 1 is 0.952 bits per heavy atom. The second kappa shape index (κ2) is 5.54. The molecule has 0 aromatic heterocycles. The molecular weight excluding hydrogens is 267 g/mol. The molecule has 3 heteroatoms. The zero-order chi connectivity index (χ0) is 14.8. The number of ether oxygens (including phenoxy) is 1. The summed E-state index contributed by atoms with van der Waals surface area (Å²) in [6.07, 6.45) is -1.01. The average molecular weight is 282 g/mol. The summed E-state index contributed by atoms with van der Waals surface area (Å²) >= 11 is 0. The van der Waals surface area contributed by atoms with E-state index in [0.717, 1.165) is 10.8 Å². The lowest BCUT2D eigenvalue weighted by molar-refractivity contribution is 0.216. The Morgan fingerprint density at radius 3 is 2.48 bits per heavy atom. The molecule has 1 N–H and O–H groups in total. The summed E-state index contributed by atoms with van der Waals surface area (Å²) in [5.74, 6) is -0.0452. The van der Waals surface area contributed by atoms with Crippen molar-refractivity contribution in [2.45, 2.75) is 6.10 Å². The fourth-order valence-corrected chi connectivity index (χ4v) is 2.51. The van der Waals surface area contributed by atoms with Gasteiger partial charge in [0.25, 0.3) is 0 Å². The third-order valence-corrected chi connectivity index (χ3v) is 3.62. The lowest BCUT2D eigenvalue weighted by Gasteiger charge is -2.15. The highest BCUT2D eigenvalue weighted by Gasteiger charge is 2.17. The van der Waals surface area contributed by atoms with Gasteiger partial charge in [-0.05, 0) is 28.5 Å². The van der Waals surface area contributed by atoms with E-state index in [1.807, 2.05) is 42.5 Å². The molecule has 0 saturated heterocycles. The monoisotopic (exact) mass is 282 g/mol. The number of halogens is 1. The highest BCUT2D eigenvalue weighted by Crippen LogP contribution is 2.31. The molecule has 1 atom stereocenters. The summed E-state index contributed by atoms with van der Waals surface area (Å²) in [5.41, 5.74) is 0.935. The minimum absolute atomic E-state index is 0.243. The molecule has 0 bridgehead atoms. The molecule has 0 amide bonds. The molecule has 0 saturated carbocycles. The number of hydrogen-bond acceptors (Lipinski definition) is 2. The highest BCUT2D eigenvalue weighted by atomic mass is 19.1. The van der Waals surface area contributed by atoms with Crippen molar-refractivity contribution in [3.63, 3.8) is 0 Å². The average Bonchev–Trinajstić information content (AvgIpc) is 2.53. The third-order valence-electron chi connectivity index (χ3n) is 3.62. The van der Waals surface area contributed by atoms with E-state index < -0.39 is 11.9 Å². The molecule has 21 heavy (non-hydrogen) atoms. The number of hydrogen-bond donors (Lipinski definition) is 1. The minimum atomic E-state index is -1.01. The number of methoxy groups -OCH3 is 1. The standard InChI is InChI=1S/C18H15FO2/c1-21-13-9-10-16(17(19)11-13)18(20)15-8-4-6-12-5-2-3-7-14(12)15/h2-11,18,20H,1H3. The maximum absolute atomic E-state index is 14.1. The van der Waals surface area contributed by atoms with E-state index in [1.54, 1.807) is 12.1 Å². The lowest BCUT2D eigenvalue weighted by Crippen LogP contribution is -2.03. The van der Waals surface area contributed by atoms with Gasteiger partial charge in [0.2, 0.25) is 0 Å². The van der Waals surface area contributed by atoms with E-state index in [0.29, 0.717) is 11.3 Å². The van der Waals surface area contributed by atoms with Gasteiger partial charge < -0.3 is 9.84 Å². The smallest absolute Gasteiger partial charge is 0.133 e. The summed E-state index contributed by atoms with van der Waals surface area (Å²) in [4.78, 5) is 0. The van der Waals surface area contributed by atoms with Crippen LogP contribution in [0.4, 0.5) is 4.39 Å². The molecule has 2 nitrogen and oxygen atoms in total. The Kier molecular flexibility index (Phi) is 3.59. The molecule has 3 aromatic carbocycles. The Balaban J connectivity index is 2.10. The minimum Gasteiger partial charge on any atom is -0.497 e. The van der Waals surface area contributed by atoms with Crippen LogP contribution in [-0.4, -0.2) is 12.2 Å². The Bertz CT molecular complexity index is 778. The van der Waals surface area contributed by atoms with Crippen LogP contribution in [0.3, 0.4) is 0 Å². The molecule has 3 rings (SSSR count). The van der Waals surface area contributed by atoms with Crippen LogP contribution in [0, 0.1) is 5.82 Å². The van der Waals surface area contributed by atoms with Crippen LogP contribution in [0.2, 0.25) is 0 Å². The molecule has 0 spiro atoms. The highest BCUT2D eigenvalue weighted by molar-refractivity contribution is 5.86. The van der Waals surface area contributed by atoms with Crippen molar-refractivity contribution in [1.29, 1.82) is 0 Å². The van der Waals surface area contributed by atoms with E-state index in [9.17, 15) is 9.50 Å². The van der Waals surface area contributed by atoms with Gasteiger partial charge in [-0.1, -0.05) is 42.5 Å². The van der Waals surface area contributed by atoms with Gasteiger partial charge in [-0.3, -0.25) is 0 Å². The van der Waals surface area contributed by atoms with Gasteiger partial charge in [-0.15, -0.1) is 0 Å². The van der Waals surface area contributed by atoms with Gasteiger partial charge in [0.05, 0.1) is 7.11 Å². The summed E-state index contributed by atoms with van der Waals surface area (Å²) in [5, 5.41) is 12.5. The molecular formula is C18H15FO2. The van der Waals surface area contributed by atoms with Crippen LogP contribution < -0.4 is 4.74 Å². The normalized spacial score (nSPS) is 12.3. The maximum atomic E-state index is 14.1. The Morgan fingerprint density at radius 2 is 1.71 bits per heavy atom. The Hall–Kier alpha value is -2.39. The number of rotatable bonds is 3. The SMILES string of the molecule is COc1ccc(C(O)c2cccc3ccccc23)c(F)c1. The van der Waals surface area contributed by atoms with Crippen LogP contribution in [0.5, 0.6) is 5.75 Å². The first-order chi connectivity index (χ1) is 10.2. The number of aliphatic hydroxyl groups is 1. The number of aliphatic hydroxyl groups excluding tert-OH is 1. The first-order valence-electron chi connectivity index (χ1n) is 6.70. The zero-order valence-corrected chi connectivity index (χ0v) is 11.6. The zero-order valence-electron chi connectivity index (χ0n) is 11.6. The van der Waals surface area contributed by atoms with Crippen LogP contribution >= 0.6 is 0 Å². The first-order valence-corrected chi connectivity index (χ1v) is 6.70. The van der Waals surface area contributed by atoms with E-state index >= 15 is 0 Å². The van der Waals surface area contributed by atoms with Crippen LogP contribution in [0.1, 0.15) is 17.2 Å². The van der Waals surface area contributed by atoms with Crippen molar-refractivity contribution in [2.24, 2.45) is 0 Å². The molecule has 0 radical (unpaired) electrons. The van der Waals surface area contributed by atoms with Crippen molar-refractivity contribution in [3.8, 4) is 5.75 Å². The predicted octanol–water partition coefficient (Wildman–Crippen LogP) is 4.07. The molecule has 0 aliphatic rings. The lowest BCUT2D eigenvalue weighted by atomic mass is 9.95. The molecule has 0 aliphatic carbocycles. The second-order valence-corrected chi connectivity index (χ2v) is 4.86. The molecule has 3 aromatic rings. The van der Waals surface area contributed by atoms with Crippen molar-refractivity contribution < 1.29 is 14.2 Å². The van der Waals surface area contributed by atoms with Crippen molar-refractivity contribution >= 4 is 10.8 Å². The quantitative estimate of drug-likeness (QED) is 0.784. The molecule has 106 valence electrons. The number of benzene rings is 3. The summed E-state index contributed by atoms with van der Waals surface area (Å²) in [6, 6.07) is 17.9. The van der Waals surface area contributed by atoms with Crippen molar-refractivity contribution in [2.75, 3.05) is 7.11 Å². The second-order valence-electron chi connectivity index (χ2n) is 4.86. The fourth-order valence-electron chi connectivity index (χ4n) is 2.51. The summed E-state index contributed by atoms with van der Waals surface area (Å²) in [6.45, 7) is 0. The topological polar surface area (TPSA) is 29.5 Å². The van der Waals surface area contributed by atoms with E-state index in [2.05, 4.69) is 0 Å². The van der Waals surface area contributed by atoms with Gasteiger partial charge in [0.15, 0.2) is 0 Å². The predicted molar refractivity (Wildman–Crippen MR) is 81.0 cm³/mol. The van der Waals surface area contributed by atoms with Gasteiger partial charge in [0.1, 0.15) is 17.7 Å². The van der Waals surface area contributed by atoms with Gasteiger partial charge >= 0.3 is 0 Å². The van der Waals surface area contributed by atoms with E-state index in [1.165, 1.54) is 13.2 Å². The maximum Gasteiger partial charge on any atom is 0.133 e. The molecule has 0 heterocycles. The molecule has 1 unspecified atom stereocenters. The fraction of sp³-hybridized carbons (Fsp3) is 0.111. The van der Waals surface area contributed by atoms with Crippen molar-refractivity contribution in [1.82, 2.24) is 0 Å². The van der Waals surface area contributed by atoms with E-state index in [4.69, 9.17) is 4.74 Å². The van der Waals surface area contributed by atoms with Gasteiger partial charge in [-0.2, -0.15) is 0 Å². The molecule has 0 fully saturated rings. The summed E-state index contributed by atoms with van der Waals surface area (Å²) in [7, 11) is 1.48. The van der Waals surface area contributed by atoms with Crippen molar-refractivity contribution in [3.05, 3.63) is 77.6 Å². The van der Waals surface area contributed by atoms with Gasteiger partial charge in [0, 0.05) is 11.6 Å². The molecule has 0 aliphatic heterocycles.